The van der Waals surface area contributed by atoms with Crippen molar-refractivity contribution in [1.82, 2.24) is 4.98 Å². The Morgan fingerprint density at radius 1 is 1.00 bits per heavy atom. The average molecular weight is 572 g/mol. The molecule has 222 valence electrons. The molecule has 4 aliphatic carbocycles. The van der Waals surface area contributed by atoms with Crippen molar-refractivity contribution in [3.05, 3.63) is 83.7 Å². The van der Waals surface area contributed by atoms with Crippen LogP contribution in [-0.4, -0.2) is 41.2 Å². The smallest absolute Gasteiger partial charge is 0.450 e. The van der Waals surface area contributed by atoms with E-state index in [0.717, 1.165) is 37.7 Å². The third-order valence-electron chi connectivity index (χ3n) is 10.8. The third kappa shape index (κ3) is 5.46. The Hall–Kier alpha value is -3.61. The van der Waals surface area contributed by atoms with E-state index in [1.165, 1.54) is 29.6 Å². The Morgan fingerprint density at radius 3 is 2.57 bits per heavy atom. The molecule has 0 bridgehead atoms. The molecule has 1 N–H and O–H groups in total. The molecule has 0 saturated heterocycles. The summed E-state index contributed by atoms with van der Waals surface area (Å²) in [6, 6.07) is 13.6. The Labute approximate surface area is 248 Å². The number of benzene rings is 1. The zero-order valence-corrected chi connectivity index (χ0v) is 24.5. The number of nitrogens with zero attached hydrogens (tertiary/aromatic N) is 1. The topological polar surface area (TPSA) is 95.0 Å². The van der Waals surface area contributed by atoms with Crippen LogP contribution in [0.1, 0.15) is 69.9 Å². The van der Waals surface area contributed by atoms with Crippen LogP contribution >= 0.6 is 0 Å². The number of carboxylic acid groups (broad SMARTS) is 1. The molecule has 0 spiro atoms. The van der Waals surface area contributed by atoms with Crippen molar-refractivity contribution in [3.8, 4) is 0 Å². The molecule has 1 heterocycles. The second-order valence-corrected chi connectivity index (χ2v) is 13.0. The fraction of sp³-hybridized carbons (Fsp3) is 0.514. The first-order chi connectivity index (χ1) is 20.3. The number of pyridine rings is 1. The van der Waals surface area contributed by atoms with Gasteiger partial charge in [0.1, 0.15) is 18.8 Å². The van der Waals surface area contributed by atoms with E-state index in [-0.39, 0.29) is 23.5 Å². The Balaban J connectivity index is 1.07. The summed E-state index contributed by atoms with van der Waals surface area (Å²) in [4.78, 5) is 28.2. The molecule has 0 amide bonds. The van der Waals surface area contributed by atoms with E-state index in [0.29, 0.717) is 24.2 Å². The summed E-state index contributed by atoms with van der Waals surface area (Å²) >= 11 is 0. The van der Waals surface area contributed by atoms with E-state index >= 15 is 0 Å². The van der Waals surface area contributed by atoms with Crippen LogP contribution in [0.5, 0.6) is 0 Å². The van der Waals surface area contributed by atoms with E-state index in [1.807, 2.05) is 48.8 Å². The molecule has 2 saturated carbocycles. The molecule has 0 aliphatic heterocycles. The van der Waals surface area contributed by atoms with Gasteiger partial charge >= 0.3 is 12.3 Å². The largest absolute Gasteiger partial charge is 0.508 e. The van der Waals surface area contributed by atoms with Gasteiger partial charge in [0.2, 0.25) is 0 Å². The van der Waals surface area contributed by atoms with Gasteiger partial charge in [-0.05, 0) is 89.9 Å². The maximum absolute atomic E-state index is 12.7. The number of hydrogen-bond acceptors (Lipinski definition) is 6. The van der Waals surface area contributed by atoms with Crippen LogP contribution in [0.2, 0.25) is 0 Å². The van der Waals surface area contributed by atoms with Gasteiger partial charge in [-0.15, -0.1) is 0 Å². The number of aromatic nitrogens is 1. The van der Waals surface area contributed by atoms with Crippen LogP contribution in [0, 0.1) is 28.6 Å². The van der Waals surface area contributed by atoms with Crippen molar-refractivity contribution in [2.24, 2.45) is 28.6 Å². The fourth-order valence-electron chi connectivity index (χ4n) is 8.75. The number of hydrogen-bond donors (Lipinski definition) is 1. The van der Waals surface area contributed by atoms with E-state index < -0.39 is 18.4 Å². The number of fused-ring (bicyclic) bond motifs is 5. The third-order valence-corrected chi connectivity index (χ3v) is 10.8. The van der Waals surface area contributed by atoms with E-state index in [1.54, 1.807) is 0 Å². The highest BCUT2D eigenvalue weighted by molar-refractivity contribution is 5.72. The molecule has 42 heavy (non-hydrogen) atoms. The summed E-state index contributed by atoms with van der Waals surface area (Å²) in [6.45, 7) is 4.73. The zero-order valence-electron chi connectivity index (χ0n) is 24.5. The van der Waals surface area contributed by atoms with Gasteiger partial charge in [-0.1, -0.05) is 68.0 Å². The summed E-state index contributed by atoms with van der Waals surface area (Å²) in [5.41, 5.74) is 5.39. The maximum atomic E-state index is 12.7. The predicted molar refractivity (Wildman–Crippen MR) is 159 cm³/mol. The van der Waals surface area contributed by atoms with Crippen molar-refractivity contribution in [3.63, 3.8) is 0 Å². The van der Waals surface area contributed by atoms with Crippen LogP contribution < -0.4 is 0 Å². The van der Waals surface area contributed by atoms with Crippen LogP contribution in [-0.2, 0) is 20.6 Å². The molecular formula is C35H41NO6. The van der Waals surface area contributed by atoms with Gasteiger partial charge < -0.3 is 19.3 Å². The van der Waals surface area contributed by atoms with Crippen molar-refractivity contribution < 1.29 is 28.9 Å². The van der Waals surface area contributed by atoms with Gasteiger partial charge in [-0.3, -0.25) is 4.98 Å². The summed E-state index contributed by atoms with van der Waals surface area (Å²) in [7, 11) is 0. The number of ether oxygens (including phenoxy) is 3. The van der Waals surface area contributed by atoms with Crippen LogP contribution in [0.4, 0.5) is 9.59 Å². The number of allylic oxidation sites excluding steroid dienone is 3. The fourth-order valence-corrected chi connectivity index (χ4v) is 8.75. The molecule has 1 aromatic heterocycles. The van der Waals surface area contributed by atoms with Gasteiger partial charge in [0.25, 0.3) is 0 Å². The average Bonchev–Trinajstić information content (AvgIpc) is 3.34. The molecule has 1 unspecified atom stereocenters. The van der Waals surface area contributed by atoms with Crippen molar-refractivity contribution >= 4 is 17.9 Å². The van der Waals surface area contributed by atoms with Gasteiger partial charge in [0, 0.05) is 25.2 Å². The minimum Gasteiger partial charge on any atom is -0.450 e. The van der Waals surface area contributed by atoms with Gasteiger partial charge in [0.15, 0.2) is 0 Å². The summed E-state index contributed by atoms with van der Waals surface area (Å²) in [5, 5.41) is 9.13. The van der Waals surface area contributed by atoms with Crippen LogP contribution in [0.25, 0.3) is 5.57 Å². The minimum absolute atomic E-state index is 0.126. The lowest BCUT2D eigenvalue weighted by atomic mass is 9.47. The second kappa shape index (κ2) is 11.6. The van der Waals surface area contributed by atoms with E-state index in [9.17, 15) is 9.59 Å². The zero-order chi connectivity index (χ0) is 29.3. The number of carbonyl (C=O) groups excluding carboxylic acids is 1. The van der Waals surface area contributed by atoms with Crippen LogP contribution in [0.15, 0.2) is 72.6 Å². The van der Waals surface area contributed by atoms with Crippen molar-refractivity contribution in [2.45, 2.75) is 77.4 Å². The second-order valence-electron chi connectivity index (χ2n) is 13.0. The lowest BCUT2D eigenvalue weighted by molar-refractivity contribution is -0.0438. The van der Waals surface area contributed by atoms with Gasteiger partial charge in [-0.2, -0.15) is 0 Å². The van der Waals surface area contributed by atoms with Gasteiger partial charge in [-0.25, -0.2) is 9.59 Å². The first-order valence-electron chi connectivity index (χ1n) is 15.3. The minimum atomic E-state index is -1.40. The number of rotatable bonds is 7. The molecule has 0 radical (unpaired) electrons. The monoisotopic (exact) mass is 571 g/mol. The molecule has 4 aliphatic rings. The lowest BCUT2D eigenvalue weighted by Gasteiger charge is -2.57. The summed E-state index contributed by atoms with van der Waals surface area (Å²) < 4.78 is 16.1. The molecule has 7 nitrogen and oxygen atoms in total. The Bertz CT molecular complexity index is 1360. The van der Waals surface area contributed by atoms with E-state index in [4.69, 9.17) is 19.3 Å². The Kier molecular flexibility index (Phi) is 7.86. The first kappa shape index (κ1) is 28.5. The summed E-state index contributed by atoms with van der Waals surface area (Å²) in [5.74, 6) is 1.93. The molecular weight excluding hydrogens is 530 g/mol. The van der Waals surface area contributed by atoms with Crippen molar-refractivity contribution in [1.29, 1.82) is 0 Å². The molecule has 7 heteroatoms. The van der Waals surface area contributed by atoms with Crippen molar-refractivity contribution in [2.75, 3.05) is 6.61 Å². The first-order valence-corrected chi connectivity index (χ1v) is 15.3. The standard InChI is InChI=1S/C35H41NO6/c1-34-16-14-26(42-33(39)40-22-27(41-32(37)38)19-23-7-4-3-5-8-23)20-25(34)10-11-28-30-13-12-29(24-9-6-18-36-21-24)35(30,2)17-15-31(28)34/h3-10,12,18,21,26-28,30-31H,11,13-17,19-20,22H2,1-2H3,(H,37,38)/t26-,27?,28-,30-,31-,34-,35+/m0/s1. The molecule has 2 fully saturated rings. The molecule has 2 aromatic rings. The van der Waals surface area contributed by atoms with Crippen LogP contribution in [0.3, 0.4) is 0 Å². The SMILES string of the molecule is C[C@]12CC[C@H](OC(=O)OCC(Cc3ccccc3)OC(=O)O)CC1=CC[C@@H]1[C@@H]2CC[C@]2(C)C(c3cccnc3)=CC[C@@H]12. The Morgan fingerprint density at radius 2 is 1.81 bits per heavy atom. The molecule has 6 rings (SSSR count). The quantitative estimate of drug-likeness (QED) is 0.267. The highest BCUT2D eigenvalue weighted by atomic mass is 16.7. The lowest BCUT2D eigenvalue weighted by Crippen LogP contribution is -2.50. The highest BCUT2D eigenvalue weighted by Gasteiger charge is 2.57. The van der Waals surface area contributed by atoms with E-state index in [2.05, 4.69) is 37.0 Å². The molecule has 1 aromatic carbocycles. The number of carbonyl (C=O) groups is 2. The van der Waals surface area contributed by atoms with Gasteiger partial charge in [0.05, 0.1) is 0 Å². The normalized spacial score (nSPS) is 32.2. The predicted octanol–water partition coefficient (Wildman–Crippen LogP) is 7.87. The highest BCUT2D eigenvalue weighted by Crippen LogP contribution is 2.66. The maximum Gasteiger partial charge on any atom is 0.508 e. The summed E-state index contributed by atoms with van der Waals surface area (Å²) in [6.07, 6.45) is 13.0. The molecule has 7 atom stereocenters.